The summed E-state index contributed by atoms with van der Waals surface area (Å²) in [5, 5.41) is 33.5. The normalized spacial score (nSPS) is 24.6. The summed E-state index contributed by atoms with van der Waals surface area (Å²) in [5.41, 5.74) is 8.96. The molecule has 8 nitrogen and oxygen atoms in total. The molecule has 6 N–H and O–H groups in total. The number of benzene rings is 2. The Morgan fingerprint density at radius 3 is 2.45 bits per heavy atom. The molecule has 5 atom stereocenters. The van der Waals surface area contributed by atoms with Gasteiger partial charge < -0.3 is 31.1 Å². The predicted molar refractivity (Wildman–Crippen MR) is 152 cm³/mol. The van der Waals surface area contributed by atoms with Crippen molar-refractivity contribution in [3.63, 3.8) is 0 Å². The number of nitrogens with two attached hydrogens (primary N) is 1. The first-order valence-electron chi connectivity index (χ1n) is 13.0. The molecule has 38 heavy (non-hydrogen) atoms. The van der Waals surface area contributed by atoms with Crippen molar-refractivity contribution in [3.8, 4) is 5.75 Å². The summed E-state index contributed by atoms with van der Waals surface area (Å²) in [5.74, 6) is 0.648. The third-order valence-electron chi connectivity index (χ3n) is 7.26. The van der Waals surface area contributed by atoms with Gasteiger partial charge in [-0.2, -0.15) is 0 Å². The van der Waals surface area contributed by atoms with Crippen LogP contribution in [0.15, 0.2) is 42.5 Å². The summed E-state index contributed by atoms with van der Waals surface area (Å²) in [6.07, 6.45) is 0.657. The number of ether oxygens (including phenoxy) is 1. The maximum absolute atomic E-state index is 12.0. The first kappa shape index (κ1) is 30.0. The molecule has 0 radical (unpaired) electrons. The molecule has 1 fully saturated rings. The lowest BCUT2D eigenvalue weighted by Crippen LogP contribution is -2.47. The molecule has 1 aliphatic heterocycles. The molecule has 0 saturated carbocycles. The lowest BCUT2D eigenvalue weighted by Gasteiger charge is -2.42. The van der Waals surface area contributed by atoms with E-state index in [1.165, 1.54) is 0 Å². The standard InChI is InChI=1S/C29H42N2O6S/c1-18-7-10-20(27-26(35)25(34)23(32)16-38(27)4)15-21(18)14-19-8-11-22(12-9-19)37-13-5-6-24(33)31-17-29(2,3)28(30)36/h7-12,15,23,25-27,32,34-35,38H,5-6,13-14,16-17H2,1-4H3,(H2,30,36)(H,31,33)/t23-,25-,26-,27+/m1/s1. The van der Waals surface area contributed by atoms with E-state index in [2.05, 4.69) is 30.6 Å². The number of amides is 2. The van der Waals surface area contributed by atoms with Crippen LogP contribution in [0.2, 0.25) is 0 Å². The Morgan fingerprint density at radius 2 is 1.79 bits per heavy atom. The van der Waals surface area contributed by atoms with Gasteiger partial charge in [0.15, 0.2) is 0 Å². The zero-order valence-corrected chi connectivity index (χ0v) is 23.6. The number of aryl methyl sites for hydroxylation is 1. The number of hydrogen-bond acceptors (Lipinski definition) is 6. The lowest BCUT2D eigenvalue weighted by atomic mass is 9.93. The Hall–Kier alpha value is -2.59. The zero-order chi connectivity index (χ0) is 28.0. The van der Waals surface area contributed by atoms with Gasteiger partial charge in [0.2, 0.25) is 11.8 Å². The van der Waals surface area contributed by atoms with E-state index in [-0.39, 0.29) is 17.7 Å². The second-order valence-electron chi connectivity index (χ2n) is 10.9. The third kappa shape index (κ3) is 7.72. The van der Waals surface area contributed by atoms with E-state index in [1.807, 2.05) is 30.3 Å². The van der Waals surface area contributed by atoms with Crippen molar-refractivity contribution in [1.29, 1.82) is 0 Å². The topological polar surface area (TPSA) is 142 Å². The first-order chi connectivity index (χ1) is 17.9. The second kappa shape index (κ2) is 13.0. The van der Waals surface area contributed by atoms with Crippen LogP contribution in [0, 0.1) is 12.3 Å². The van der Waals surface area contributed by atoms with Crippen LogP contribution in [0.5, 0.6) is 5.75 Å². The highest BCUT2D eigenvalue weighted by molar-refractivity contribution is 8.16. The van der Waals surface area contributed by atoms with Crippen molar-refractivity contribution >= 4 is 22.7 Å². The minimum atomic E-state index is -1.13. The van der Waals surface area contributed by atoms with E-state index in [9.17, 15) is 24.9 Å². The van der Waals surface area contributed by atoms with Crippen LogP contribution < -0.4 is 15.8 Å². The molecule has 0 bridgehead atoms. The van der Waals surface area contributed by atoms with Crippen LogP contribution in [-0.4, -0.2) is 70.6 Å². The number of aliphatic hydroxyl groups is 3. The maximum Gasteiger partial charge on any atom is 0.224 e. The first-order valence-corrected chi connectivity index (χ1v) is 15.1. The number of carbonyl (C=O) groups is 2. The monoisotopic (exact) mass is 546 g/mol. The van der Waals surface area contributed by atoms with E-state index in [1.54, 1.807) is 13.8 Å². The number of primary amides is 1. The number of thiol groups is 1. The van der Waals surface area contributed by atoms with Crippen LogP contribution in [0.4, 0.5) is 0 Å². The fourth-order valence-corrected chi connectivity index (χ4v) is 6.95. The summed E-state index contributed by atoms with van der Waals surface area (Å²) in [6, 6.07) is 14.1. The number of nitrogens with one attached hydrogen (secondary N) is 1. The number of carbonyl (C=O) groups excluding carboxylic acids is 2. The Bertz CT molecular complexity index is 1110. The van der Waals surface area contributed by atoms with E-state index in [0.29, 0.717) is 25.2 Å². The number of hydrogen-bond donors (Lipinski definition) is 6. The molecule has 1 aliphatic rings. The molecule has 0 aromatic heterocycles. The van der Waals surface area contributed by atoms with Gasteiger partial charge in [0.25, 0.3) is 0 Å². The summed E-state index contributed by atoms with van der Waals surface area (Å²) < 4.78 is 5.79. The summed E-state index contributed by atoms with van der Waals surface area (Å²) >= 11 is 0. The van der Waals surface area contributed by atoms with Crippen LogP contribution in [0.1, 0.15) is 54.2 Å². The molecule has 3 rings (SSSR count). The number of rotatable bonds is 11. The molecular formula is C29H42N2O6S. The Labute approximate surface area is 227 Å². The van der Waals surface area contributed by atoms with Gasteiger partial charge >= 0.3 is 0 Å². The van der Waals surface area contributed by atoms with Crippen molar-refractivity contribution in [1.82, 2.24) is 5.32 Å². The summed E-state index contributed by atoms with van der Waals surface area (Å²) in [7, 11) is -0.665. The van der Waals surface area contributed by atoms with E-state index in [0.717, 1.165) is 34.4 Å². The fraction of sp³-hybridized carbons (Fsp3) is 0.517. The molecule has 1 saturated heterocycles. The van der Waals surface area contributed by atoms with Gasteiger partial charge in [0.1, 0.15) is 11.9 Å². The number of aliphatic hydroxyl groups excluding tert-OH is 3. The van der Waals surface area contributed by atoms with Gasteiger partial charge in [-0.25, -0.2) is 10.9 Å². The predicted octanol–water partition coefficient (Wildman–Crippen LogP) is 2.14. The van der Waals surface area contributed by atoms with Gasteiger partial charge in [-0.1, -0.05) is 30.3 Å². The van der Waals surface area contributed by atoms with Crippen LogP contribution in [-0.2, 0) is 16.0 Å². The van der Waals surface area contributed by atoms with Crippen LogP contribution in [0.25, 0.3) is 0 Å². The molecule has 2 amide bonds. The van der Waals surface area contributed by atoms with Crippen molar-refractivity contribution in [3.05, 3.63) is 64.7 Å². The molecule has 1 unspecified atom stereocenters. The molecule has 0 aliphatic carbocycles. The zero-order valence-electron chi connectivity index (χ0n) is 22.7. The highest BCUT2D eigenvalue weighted by Crippen LogP contribution is 2.48. The Balaban J connectivity index is 1.52. The fourth-order valence-electron chi connectivity index (χ4n) is 4.55. The minimum Gasteiger partial charge on any atom is -0.494 e. The minimum absolute atomic E-state index is 0.141. The third-order valence-corrected chi connectivity index (χ3v) is 9.77. The Morgan fingerprint density at radius 1 is 1.11 bits per heavy atom. The summed E-state index contributed by atoms with van der Waals surface area (Å²) in [4.78, 5) is 23.4. The van der Waals surface area contributed by atoms with E-state index in [4.69, 9.17) is 10.5 Å². The van der Waals surface area contributed by atoms with E-state index >= 15 is 0 Å². The van der Waals surface area contributed by atoms with Crippen molar-refractivity contribution in [2.45, 2.75) is 63.6 Å². The second-order valence-corrected chi connectivity index (χ2v) is 13.4. The smallest absolute Gasteiger partial charge is 0.224 e. The largest absolute Gasteiger partial charge is 0.494 e. The van der Waals surface area contributed by atoms with Crippen molar-refractivity contribution in [2.75, 3.05) is 25.2 Å². The average Bonchev–Trinajstić information content (AvgIpc) is 2.86. The average molecular weight is 547 g/mol. The van der Waals surface area contributed by atoms with Gasteiger partial charge in [0, 0.05) is 24.0 Å². The molecule has 210 valence electrons. The van der Waals surface area contributed by atoms with Crippen LogP contribution in [0.3, 0.4) is 0 Å². The highest BCUT2D eigenvalue weighted by atomic mass is 32.2. The maximum atomic E-state index is 12.0. The van der Waals surface area contributed by atoms with Gasteiger partial charge in [-0.15, -0.1) is 0 Å². The quantitative estimate of drug-likeness (QED) is 0.188. The van der Waals surface area contributed by atoms with Crippen LogP contribution >= 0.6 is 10.9 Å². The van der Waals surface area contributed by atoms with Crippen molar-refractivity contribution < 1.29 is 29.6 Å². The van der Waals surface area contributed by atoms with Crippen molar-refractivity contribution in [2.24, 2.45) is 11.1 Å². The summed E-state index contributed by atoms with van der Waals surface area (Å²) in [6.45, 7) is 6.06. The molecule has 1 heterocycles. The Kier molecular flexibility index (Phi) is 10.2. The SMILES string of the molecule is Cc1ccc([C@H]2[C@H](O)[C@H](O)[C@H](O)C[SH]2C)cc1Cc1ccc(OCCCC(=O)NCC(C)(C)C(N)=O)cc1. The lowest BCUT2D eigenvalue weighted by molar-refractivity contribution is -0.127. The van der Waals surface area contributed by atoms with Gasteiger partial charge in [0.05, 0.1) is 24.2 Å². The van der Waals surface area contributed by atoms with Gasteiger partial charge in [-0.05, 0) is 74.3 Å². The van der Waals surface area contributed by atoms with E-state index < -0.39 is 40.5 Å². The molecule has 2 aromatic carbocycles. The molecule has 2 aromatic rings. The van der Waals surface area contributed by atoms with Gasteiger partial charge in [-0.3, -0.25) is 9.59 Å². The molecular weight excluding hydrogens is 504 g/mol. The molecule has 9 heteroatoms. The molecule has 0 spiro atoms. The highest BCUT2D eigenvalue weighted by Gasteiger charge is 2.40.